The van der Waals surface area contributed by atoms with Gasteiger partial charge < -0.3 is 28.9 Å². The van der Waals surface area contributed by atoms with Crippen LogP contribution < -0.4 is 0 Å². The van der Waals surface area contributed by atoms with E-state index in [1.54, 1.807) is 0 Å². The van der Waals surface area contributed by atoms with E-state index >= 15 is 0 Å². The number of rotatable bonds is 31. The van der Waals surface area contributed by atoms with Crippen LogP contribution in [0.4, 0.5) is 0 Å². The number of carboxylic acids is 1. The van der Waals surface area contributed by atoms with Crippen LogP contribution >= 0.6 is 0 Å². The van der Waals surface area contributed by atoms with E-state index < -0.39 is 18.4 Å². The summed E-state index contributed by atoms with van der Waals surface area (Å²) in [6.45, 7) is 2.56. The predicted molar refractivity (Wildman–Crippen MR) is 179 cm³/mol. The first-order chi connectivity index (χ1) is 21.2. The van der Waals surface area contributed by atoms with Gasteiger partial charge in [-0.3, -0.25) is 4.79 Å². The summed E-state index contributed by atoms with van der Waals surface area (Å²) in [5.41, 5.74) is 0. The normalized spacial score (nSPS) is 13.8. The average Bonchev–Trinajstić information content (AvgIpc) is 2.97. The highest BCUT2D eigenvalue weighted by atomic mass is 16.7. The van der Waals surface area contributed by atoms with Gasteiger partial charge in [0.05, 0.1) is 34.4 Å². The molecule has 0 aromatic rings. The van der Waals surface area contributed by atoms with Crippen LogP contribution in [0, 0.1) is 0 Å². The smallest absolute Gasteiger partial charge is 0.361 e. The van der Waals surface area contributed by atoms with Crippen molar-refractivity contribution in [2.24, 2.45) is 0 Å². The van der Waals surface area contributed by atoms with Crippen molar-refractivity contribution < 1.29 is 38.5 Å². The summed E-state index contributed by atoms with van der Waals surface area (Å²) in [5, 5.41) is 19.2. The van der Waals surface area contributed by atoms with Crippen molar-refractivity contribution in [1.82, 2.24) is 0 Å². The number of carbonyl (C=O) groups excluding carboxylic acids is 1. The molecule has 0 heterocycles. The van der Waals surface area contributed by atoms with Crippen molar-refractivity contribution in [2.45, 2.75) is 135 Å². The Balaban J connectivity index is 3.59. The molecule has 0 radical (unpaired) electrons. The number of aliphatic carboxylic acids is 1. The number of unbranched alkanes of at least 4 members (excludes halogenated alkanes) is 13. The lowest BCUT2D eigenvalue weighted by Crippen LogP contribution is -2.40. The number of carboxylic acid groups (broad SMARTS) is 1. The molecular formula is C36H66NO7+. The van der Waals surface area contributed by atoms with E-state index in [0.29, 0.717) is 17.4 Å². The molecule has 256 valence electrons. The molecule has 8 nitrogen and oxygen atoms in total. The van der Waals surface area contributed by atoms with Crippen molar-refractivity contribution >= 4 is 11.9 Å². The fourth-order valence-corrected chi connectivity index (χ4v) is 4.37. The molecule has 0 spiro atoms. The lowest BCUT2D eigenvalue weighted by molar-refractivity contribution is -0.870. The number of hydrogen-bond acceptors (Lipinski definition) is 6. The summed E-state index contributed by atoms with van der Waals surface area (Å²) in [6.07, 6.45) is 31.6. The molecule has 2 atom stereocenters. The molecule has 8 heteroatoms. The fourth-order valence-electron chi connectivity index (χ4n) is 4.37. The molecule has 0 fully saturated rings. The number of aliphatic hydroxyl groups excluding tert-OH is 1. The van der Waals surface area contributed by atoms with Gasteiger partial charge >= 0.3 is 11.9 Å². The maximum Gasteiger partial charge on any atom is 0.361 e. The number of nitrogens with zero attached hydrogens (tertiary/aromatic N) is 1. The van der Waals surface area contributed by atoms with Crippen LogP contribution in [0.5, 0.6) is 0 Å². The second kappa shape index (κ2) is 29.7. The second-order valence-electron chi connectivity index (χ2n) is 12.7. The number of esters is 1. The molecule has 0 rings (SSSR count). The molecule has 0 aromatic heterocycles. The zero-order chi connectivity index (χ0) is 32.7. The molecular weight excluding hydrogens is 558 g/mol. The molecule has 0 aliphatic rings. The van der Waals surface area contributed by atoms with Crippen LogP contribution in [0.25, 0.3) is 0 Å². The highest BCUT2D eigenvalue weighted by Crippen LogP contribution is 2.12. The molecule has 0 aromatic carbocycles. The van der Waals surface area contributed by atoms with E-state index in [2.05, 4.69) is 43.4 Å². The van der Waals surface area contributed by atoms with Crippen LogP contribution in [-0.2, 0) is 23.8 Å². The topological polar surface area (TPSA) is 102 Å². The number of quaternary nitrogens is 1. The van der Waals surface area contributed by atoms with E-state index in [-0.39, 0.29) is 25.8 Å². The molecule has 2 N–H and O–H groups in total. The minimum Gasteiger partial charge on any atom is -0.477 e. The van der Waals surface area contributed by atoms with Gasteiger partial charge in [-0.15, -0.1) is 0 Å². The first-order valence-corrected chi connectivity index (χ1v) is 17.2. The number of ether oxygens (including phenoxy) is 3. The monoisotopic (exact) mass is 624 g/mol. The molecule has 0 bridgehead atoms. The SMILES string of the molecule is CCCCCCC/C=C\C/C=C\C/C=C\CCCCCCCCCCC(=O)OCC(O)COC(OCC[N+](C)(C)C)C(=O)O. The van der Waals surface area contributed by atoms with Gasteiger partial charge in [-0.2, -0.15) is 0 Å². The predicted octanol–water partition coefficient (Wildman–Crippen LogP) is 7.75. The Kier molecular flexibility index (Phi) is 28.3. The summed E-state index contributed by atoms with van der Waals surface area (Å²) in [7, 11) is 5.91. The van der Waals surface area contributed by atoms with Crippen molar-refractivity contribution in [3.05, 3.63) is 36.5 Å². The summed E-state index contributed by atoms with van der Waals surface area (Å²) in [6, 6.07) is 0. The molecule has 0 saturated heterocycles. The van der Waals surface area contributed by atoms with Crippen molar-refractivity contribution in [3.63, 3.8) is 0 Å². The van der Waals surface area contributed by atoms with Crippen LogP contribution in [-0.4, -0.2) is 86.5 Å². The summed E-state index contributed by atoms with van der Waals surface area (Å²) in [5.74, 6) is -1.62. The number of hydrogen-bond donors (Lipinski definition) is 2. The molecule has 0 aliphatic carbocycles. The van der Waals surface area contributed by atoms with Gasteiger partial charge in [0.25, 0.3) is 6.29 Å². The van der Waals surface area contributed by atoms with Crippen LogP contribution in [0.3, 0.4) is 0 Å². The number of allylic oxidation sites excluding steroid dienone is 6. The van der Waals surface area contributed by atoms with Crippen molar-refractivity contribution in [1.29, 1.82) is 0 Å². The Morgan fingerprint density at radius 2 is 1.18 bits per heavy atom. The van der Waals surface area contributed by atoms with E-state index in [4.69, 9.17) is 14.2 Å². The zero-order valence-corrected chi connectivity index (χ0v) is 28.6. The Morgan fingerprint density at radius 1 is 0.682 bits per heavy atom. The average molecular weight is 625 g/mol. The highest BCUT2D eigenvalue weighted by molar-refractivity contribution is 5.70. The van der Waals surface area contributed by atoms with Crippen LogP contribution in [0.15, 0.2) is 36.5 Å². The molecule has 0 aliphatic heterocycles. The van der Waals surface area contributed by atoms with E-state index in [1.165, 1.54) is 70.6 Å². The molecule has 2 unspecified atom stereocenters. The molecule has 44 heavy (non-hydrogen) atoms. The summed E-state index contributed by atoms with van der Waals surface area (Å²) >= 11 is 0. The lowest BCUT2D eigenvalue weighted by atomic mass is 10.1. The van der Waals surface area contributed by atoms with Crippen molar-refractivity contribution in [2.75, 3.05) is 47.5 Å². The van der Waals surface area contributed by atoms with Gasteiger partial charge in [0.2, 0.25) is 0 Å². The Hall–Kier alpha value is -2.00. The first-order valence-electron chi connectivity index (χ1n) is 17.2. The van der Waals surface area contributed by atoms with E-state index in [0.717, 1.165) is 38.5 Å². The van der Waals surface area contributed by atoms with Gasteiger partial charge in [0, 0.05) is 6.42 Å². The first kappa shape index (κ1) is 42.0. The van der Waals surface area contributed by atoms with Gasteiger partial charge in [-0.05, 0) is 44.9 Å². The number of aliphatic hydroxyl groups is 1. The summed E-state index contributed by atoms with van der Waals surface area (Å²) in [4.78, 5) is 23.2. The van der Waals surface area contributed by atoms with Crippen LogP contribution in [0.2, 0.25) is 0 Å². The van der Waals surface area contributed by atoms with Gasteiger partial charge in [0.15, 0.2) is 0 Å². The maximum atomic E-state index is 11.9. The Morgan fingerprint density at radius 3 is 1.70 bits per heavy atom. The lowest BCUT2D eigenvalue weighted by Gasteiger charge is -2.24. The van der Waals surface area contributed by atoms with Gasteiger partial charge in [0.1, 0.15) is 19.3 Å². The zero-order valence-electron chi connectivity index (χ0n) is 28.6. The standard InChI is InChI=1S/C36H65NO7/c1-5-6-7-8-9-10-11-12-13-14-15-16-17-18-19-20-21-22-23-24-25-26-27-28-34(39)43-31-33(38)32-44-36(35(40)41)42-30-29-37(2,3)4/h11-12,14-15,17-18,33,36,38H,5-10,13,16,19-32H2,1-4H3/p+1/b12-11-,15-14-,18-17-. The van der Waals surface area contributed by atoms with E-state index in [1.807, 2.05) is 21.1 Å². The van der Waals surface area contributed by atoms with Gasteiger partial charge in [-0.1, -0.05) is 108 Å². The third kappa shape index (κ3) is 31.4. The number of carbonyl (C=O) groups is 2. The van der Waals surface area contributed by atoms with E-state index in [9.17, 15) is 19.8 Å². The fraction of sp³-hybridized carbons (Fsp3) is 0.778. The quantitative estimate of drug-likeness (QED) is 0.0267. The van der Waals surface area contributed by atoms with Gasteiger partial charge in [-0.25, -0.2) is 4.79 Å². The Bertz CT molecular complexity index is 773. The number of likely N-dealkylation sites (N-methyl/N-ethyl adjacent to an activating group) is 1. The molecule has 0 saturated carbocycles. The third-order valence-electron chi connectivity index (χ3n) is 7.13. The second-order valence-corrected chi connectivity index (χ2v) is 12.7. The minimum atomic E-state index is -1.46. The molecule has 0 amide bonds. The third-order valence-corrected chi connectivity index (χ3v) is 7.13. The van der Waals surface area contributed by atoms with Crippen molar-refractivity contribution in [3.8, 4) is 0 Å². The largest absolute Gasteiger partial charge is 0.477 e. The summed E-state index contributed by atoms with van der Waals surface area (Å²) < 4.78 is 16.1. The van der Waals surface area contributed by atoms with Crippen LogP contribution in [0.1, 0.15) is 122 Å². The minimum absolute atomic E-state index is 0.208. The maximum absolute atomic E-state index is 11.9. The Labute approximate surface area is 269 Å². The highest BCUT2D eigenvalue weighted by Gasteiger charge is 2.22.